The summed E-state index contributed by atoms with van der Waals surface area (Å²) < 4.78 is -0.647. The first-order chi connectivity index (χ1) is 3.85. The predicted molar refractivity (Wildman–Crippen MR) is 45.9 cm³/mol. The minimum atomic E-state index is -1.02. The second-order valence-corrected chi connectivity index (χ2v) is 3.62. The molecule has 0 fully saturated rings. The molecule has 0 saturated carbocycles. The zero-order valence-electron chi connectivity index (χ0n) is 5.87. The van der Waals surface area contributed by atoms with Gasteiger partial charge in [0.2, 0.25) is 0 Å². The largest absolute Gasteiger partial charge is 0.480 e. The van der Waals surface area contributed by atoms with E-state index >= 15 is 0 Å². The Morgan fingerprint density at radius 1 is 1.70 bits per heavy atom. The van der Waals surface area contributed by atoms with Crippen LogP contribution < -0.4 is 5.73 Å². The van der Waals surface area contributed by atoms with Crippen molar-refractivity contribution < 1.29 is 9.90 Å². The van der Waals surface area contributed by atoms with E-state index in [1.54, 1.807) is 13.8 Å². The van der Waals surface area contributed by atoms with Gasteiger partial charge in [0, 0.05) is 4.75 Å². The van der Waals surface area contributed by atoms with E-state index < -0.39 is 16.8 Å². The third-order valence-electron chi connectivity index (χ3n) is 1.03. The summed E-state index contributed by atoms with van der Waals surface area (Å²) in [5, 5.41) is 8.34. The van der Waals surface area contributed by atoms with Crippen LogP contribution in [0.5, 0.6) is 0 Å². The molecule has 0 spiro atoms. The number of hydrogen-bond donors (Lipinski definition) is 3. The van der Waals surface area contributed by atoms with Crippen LogP contribution in [-0.2, 0) is 4.79 Å². The van der Waals surface area contributed by atoms with Gasteiger partial charge < -0.3 is 10.8 Å². The Morgan fingerprint density at radius 3 is 2.00 bits per heavy atom. The SMILES string of the molecule is CC(C)(S)C(N)C(=O)O.Cl. The Balaban J connectivity index is 0. The quantitative estimate of drug-likeness (QED) is 0.550. The molecule has 0 aromatic rings. The third kappa shape index (κ3) is 3.98. The summed E-state index contributed by atoms with van der Waals surface area (Å²) in [6.45, 7) is 3.32. The Kier molecular flexibility index (Phi) is 5.16. The van der Waals surface area contributed by atoms with Crippen molar-refractivity contribution in [2.45, 2.75) is 24.6 Å². The number of nitrogens with two attached hydrogens (primary N) is 1. The van der Waals surface area contributed by atoms with Crippen molar-refractivity contribution in [3.05, 3.63) is 0 Å². The van der Waals surface area contributed by atoms with Crippen LogP contribution in [0.3, 0.4) is 0 Å². The van der Waals surface area contributed by atoms with Gasteiger partial charge in [0.25, 0.3) is 0 Å². The van der Waals surface area contributed by atoms with Gasteiger partial charge >= 0.3 is 5.97 Å². The summed E-state index contributed by atoms with van der Waals surface area (Å²) in [7, 11) is 0. The molecule has 3 nitrogen and oxygen atoms in total. The standard InChI is InChI=1S/C5H11NO2S.ClH/c1-5(2,9)3(6)4(7)8;/h3,9H,6H2,1-2H3,(H,7,8);1H. The minimum Gasteiger partial charge on any atom is -0.480 e. The average Bonchev–Trinajstić information content (AvgIpc) is 1.62. The van der Waals surface area contributed by atoms with Gasteiger partial charge in [-0.15, -0.1) is 12.4 Å². The van der Waals surface area contributed by atoms with Crippen molar-refractivity contribution in [3.63, 3.8) is 0 Å². The summed E-state index contributed by atoms with van der Waals surface area (Å²) in [6.07, 6.45) is 0. The lowest BCUT2D eigenvalue weighted by atomic mass is 10.1. The molecule has 0 rings (SSSR count). The predicted octanol–water partition coefficient (Wildman–Crippen LogP) is 0.528. The zero-order chi connectivity index (χ0) is 7.65. The van der Waals surface area contributed by atoms with Crippen LogP contribution in [-0.4, -0.2) is 21.9 Å². The second-order valence-electron chi connectivity index (χ2n) is 2.47. The molecule has 0 amide bonds. The molecule has 1 unspecified atom stereocenters. The van der Waals surface area contributed by atoms with Gasteiger partial charge in [-0.1, -0.05) is 0 Å². The lowest BCUT2D eigenvalue weighted by molar-refractivity contribution is -0.139. The Bertz CT molecular complexity index is 123. The van der Waals surface area contributed by atoms with E-state index in [4.69, 9.17) is 10.8 Å². The number of aliphatic carboxylic acids is 1. The number of hydrogen-bond acceptors (Lipinski definition) is 3. The van der Waals surface area contributed by atoms with E-state index in [0.717, 1.165) is 0 Å². The highest BCUT2D eigenvalue weighted by Crippen LogP contribution is 2.15. The van der Waals surface area contributed by atoms with E-state index in [9.17, 15) is 4.79 Å². The van der Waals surface area contributed by atoms with Gasteiger partial charge in [0.05, 0.1) is 0 Å². The van der Waals surface area contributed by atoms with Gasteiger partial charge in [-0.2, -0.15) is 12.6 Å². The molecule has 0 saturated heterocycles. The maximum absolute atomic E-state index is 10.2. The normalized spacial score (nSPS) is 13.6. The van der Waals surface area contributed by atoms with Gasteiger partial charge in [0.15, 0.2) is 0 Å². The molecular weight excluding hydrogens is 174 g/mol. The van der Waals surface area contributed by atoms with Crippen molar-refractivity contribution in [3.8, 4) is 0 Å². The van der Waals surface area contributed by atoms with Gasteiger partial charge in [-0.05, 0) is 13.8 Å². The van der Waals surface area contributed by atoms with Crippen LogP contribution in [0, 0.1) is 0 Å². The van der Waals surface area contributed by atoms with Crippen molar-refractivity contribution in [1.82, 2.24) is 0 Å². The lowest BCUT2D eigenvalue weighted by Gasteiger charge is -2.21. The average molecular weight is 186 g/mol. The Morgan fingerprint density at radius 2 is 2.00 bits per heavy atom. The van der Waals surface area contributed by atoms with E-state index in [1.165, 1.54) is 0 Å². The molecule has 0 bridgehead atoms. The number of carbonyl (C=O) groups is 1. The molecular formula is C5H12ClNO2S. The number of halogens is 1. The lowest BCUT2D eigenvalue weighted by Crippen LogP contribution is -2.45. The molecule has 0 aliphatic carbocycles. The fourth-order valence-electron chi connectivity index (χ4n) is 0.302. The second kappa shape index (κ2) is 4.05. The van der Waals surface area contributed by atoms with Gasteiger partial charge in [-0.25, -0.2) is 0 Å². The van der Waals surface area contributed by atoms with E-state index in [-0.39, 0.29) is 12.4 Å². The first-order valence-corrected chi connectivity index (χ1v) is 3.01. The molecule has 0 aliphatic rings. The third-order valence-corrected chi connectivity index (χ3v) is 1.31. The molecule has 0 aromatic heterocycles. The minimum absolute atomic E-state index is 0. The summed E-state index contributed by atoms with van der Waals surface area (Å²) in [6, 6.07) is -0.902. The summed E-state index contributed by atoms with van der Waals surface area (Å²) in [5.74, 6) is -1.02. The maximum Gasteiger partial charge on any atom is 0.321 e. The van der Waals surface area contributed by atoms with Crippen LogP contribution in [0.15, 0.2) is 0 Å². The van der Waals surface area contributed by atoms with Crippen LogP contribution in [0.25, 0.3) is 0 Å². The van der Waals surface area contributed by atoms with Crippen LogP contribution in [0.4, 0.5) is 0 Å². The van der Waals surface area contributed by atoms with Crippen molar-refractivity contribution in [1.29, 1.82) is 0 Å². The van der Waals surface area contributed by atoms with E-state index in [0.29, 0.717) is 0 Å². The van der Waals surface area contributed by atoms with Crippen LogP contribution in [0.2, 0.25) is 0 Å². The Labute approximate surface area is 71.8 Å². The number of carboxylic acid groups (broad SMARTS) is 1. The number of thiol groups is 1. The number of rotatable bonds is 2. The van der Waals surface area contributed by atoms with Crippen molar-refractivity contribution in [2.75, 3.05) is 0 Å². The summed E-state index contributed by atoms with van der Waals surface area (Å²) >= 11 is 3.98. The van der Waals surface area contributed by atoms with E-state index in [1.807, 2.05) is 0 Å². The molecule has 0 aliphatic heterocycles. The molecule has 0 heterocycles. The zero-order valence-corrected chi connectivity index (χ0v) is 7.58. The highest BCUT2D eigenvalue weighted by molar-refractivity contribution is 7.81. The first kappa shape index (κ1) is 12.7. The van der Waals surface area contributed by atoms with Crippen molar-refractivity contribution in [2.24, 2.45) is 5.73 Å². The van der Waals surface area contributed by atoms with Gasteiger partial charge in [0.1, 0.15) is 6.04 Å². The van der Waals surface area contributed by atoms with E-state index in [2.05, 4.69) is 12.6 Å². The molecule has 10 heavy (non-hydrogen) atoms. The highest BCUT2D eigenvalue weighted by Gasteiger charge is 2.27. The fourth-order valence-corrected chi connectivity index (χ4v) is 0.413. The fraction of sp³-hybridized carbons (Fsp3) is 0.800. The summed E-state index contributed by atoms with van der Waals surface area (Å²) in [4.78, 5) is 10.2. The molecule has 62 valence electrons. The maximum atomic E-state index is 10.2. The molecule has 5 heteroatoms. The monoisotopic (exact) mass is 185 g/mol. The molecule has 3 N–H and O–H groups in total. The topological polar surface area (TPSA) is 63.3 Å². The molecule has 0 aromatic carbocycles. The number of carboxylic acids is 1. The summed E-state index contributed by atoms with van der Waals surface area (Å²) in [5.41, 5.74) is 5.22. The molecule has 1 atom stereocenters. The first-order valence-electron chi connectivity index (χ1n) is 2.56. The van der Waals surface area contributed by atoms with Crippen LogP contribution in [0.1, 0.15) is 13.8 Å². The van der Waals surface area contributed by atoms with Gasteiger partial charge in [-0.3, -0.25) is 4.79 Å². The highest BCUT2D eigenvalue weighted by atomic mass is 35.5. The smallest absolute Gasteiger partial charge is 0.321 e. The van der Waals surface area contributed by atoms with Crippen LogP contribution >= 0.6 is 25.0 Å². The van der Waals surface area contributed by atoms with Crippen molar-refractivity contribution >= 4 is 31.0 Å². The Hall–Kier alpha value is 0.0700. The molecule has 0 radical (unpaired) electrons.